The summed E-state index contributed by atoms with van der Waals surface area (Å²) in [5, 5.41) is 9.59. The number of hydrogen-bond acceptors (Lipinski definition) is 7. The van der Waals surface area contributed by atoms with Crippen LogP contribution in [0.1, 0.15) is 33.1 Å². The topological polar surface area (TPSA) is 90.4 Å². The Labute approximate surface area is 228 Å². The first-order valence-electron chi connectivity index (χ1n) is 13.7. The summed E-state index contributed by atoms with van der Waals surface area (Å²) >= 11 is 1.53. The summed E-state index contributed by atoms with van der Waals surface area (Å²) in [7, 11) is 0. The maximum Gasteiger partial charge on any atom is 0.311 e. The number of nitrogens with zero attached hydrogens (tertiary/aromatic N) is 3. The van der Waals surface area contributed by atoms with E-state index in [1.165, 1.54) is 16.7 Å². The Morgan fingerprint density at radius 1 is 1.08 bits per heavy atom. The van der Waals surface area contributed by atoms with Crippen molar-refractivity contribution in [3.05, 3.63) is 48.6 Å². The number of rotatable bonds is 6. The van der Waals surface area contributed by atoms with Crippen molar-refractivity contribution < 1.29 is 24.2 Å². The van der Waals surface area contributed by atoms with Gasteiger partial charge in [-0.1, -0.05) is 24.3 Å². The summed E-state index contributed by atoms with van der Waals surface area (Å²) in [6, 6.07) is 7.12. The average molecular weight is 540 g/mol. The molecule has 4 aliphatic heterocycles. The number of benzene rings is 1. The number of amides is 2. The lowest BCUT2D eigenvalue weighted by molar-refractivity contribution is -0.153. The van der Waals surface area contributed by atoms with Crippen LogP contribution in [0.2, 0.25) is 0 Å². The van der Waals surface area contributed by atoms with E-state index < -0.39 is 22.6 Å². The fourth-order valence-corrected chi connectivity index (χ4v) is 8.43. The minimum atomic E-state index is -0.911. The number of anilines is 2. The van der Waals surface area contributed by atoms with Gasteiger partial charge in [0.2, 0.25) is 5.91 Å². The number of likely N-dealkylation sites (tertiary alicyclic amines) is 1. The van der Waals surface area contributed by atoms with Crippen LogP contribution >= 0.6 is 11.8 Å². The first-order chi connectivity index (χ1) is 18.5. The molecule has 1 spiro atoms. The van der Waals surface area contributed by atoms with Gasteiger partial charge < -0.3 is 24.5 Å². The number of aliphatic hydroxyl groups is 1. The van der Waals surface area contributed by atoms with Gasteiger partial charge in [0.1, 0.15) is 6.04 Å². The molecule has 2 amide bonds. The molecule has 0 radical (unpaired) electrons. The Morgan fingerprint density at radius 2 is 1.84 bits per heavy atom. The number of allylic oxidation sites excluding steroid dienone is 1. The Hall–Kier alpha value is -2.78. The first kappa shape index (κ1) is 26.8. The van der Waals surface area contributed by atoms with Gasteiger partial charge in [-0.2, -0.15) is 0 Å². The highest BCUT2D eigenvalue weighted by molar-refractivity contribution is 8.02. The van der Waals surface area contributed by atoms with Gasteiger partial charge >= 0.3 is 5.97 Å². The maximum atomic E-state index is 14.3. The molecular weight excluding hydrogens is 502 g/mol. The van der Waals surface area contributed by atoms with Gasteiger partial charge in [-0.3, -0.25) is 14.4 Å². The second kappa shape index (κ2) is 11.1. The second-order valence-electron chi connectivity index (χ2n) is 10.2. The zero-order valence-electron chi connectivity index (χ0n) is 22.1. The molecule has 0 aliphatic carbocycles. The van der Waals surface area contributed by atoms with Crippen LogP contribution in [0.3, 0.4) is 0 Å². The number of cyclic esters (lactones) is 1. The van der Waals surface area contributed by atoms with E-state index in [1.54, 1.807) is 4.90 Å². The lowest BCUT2D eigenvalue weighted by Crippen LogP contribution is -2.53. The molecule has 204 valence electrons. The van der Waals surface area contributed by atoms with Crippen LogP contribution in [0.5, 0.6) is 0 Å². The molecule has 5 rings (SSSR count). The third kappa shape index (κ3) is 4.43. The van der Waals surface area contributed by atoms with Crippen molar-refractivity contribution in [2.45, 2.75) is 49.1 Å². The lowest BCUT2D eigenvalue weighted by Gasteiger charge is -2.35. The smallest absolute Gasteiger partial charge is 0.311 e. The van der Waals surface area contributed by atoms with Gasteiger partial charge in [-0.25, -0.2) is 0 Å². The van der Waals surface area contributed by atoms with Gasteiger partial charge in [-0.15, -0.1) is 11.8 Å². The standard InChI is InChI=1S/C29H37N3O5S/c1-3-30(4-2)20-11-13-21(14-12-20)31-16-9-15-29-24(26(34)32(17-18-33)25(29)27(31)35)23-22(38-29)10-7-5-6-8-19-37-28(23)36/h7,9-15,22-25,33H,3-6,8,16-19H2,1-2H3/b10-7-/t22-,23+,24-,25?,29-/m0/s1. The SMILES string of the molecule is CCN(CC)c1ccc(N2CC=C[C@]34S[C@H]5/C=C\CCCCOC(=O)[C@H]5[C@H]3C(=O)N(CCO)C4C2=O)cc1. The summed E-state index contributed by atoms with van der Waals surface area (Å²) in [5.74, 6) is -2.23. The predicted molar refractivity (Wildman–Crippen MR) is 149 cm³/mol. The highest BCUT2D eigenvalue weighted by Gasteiger charge is 2.70. The van der Waals surface area contributed by atoms with Crippen molar-refractivity contribution in [1.82, 2.24) is 4.90 Å². The van der Waals surface area contributed by atoms with Gasteiger partial charge in [0.05, 0.1) is 29.8 Å². The minimum absolute atomic E-state index is 0.0406. The zero-order valence-corrected chi connectivity index (χ0v) is 22.9. The van der Waals surface area contributed by atoms with Gasteiger partial charge in [0.25, 0.3) is 5.91 Å². The second-order valence-corrected chi connectivity index (χ2v) is 11.7. The number of hydrogen-bond donors (Lipinski definition) is 1. The van der Waals surface area contributed by atoms with E-state index in [1.807, 2.05) is 42.5 Å². The largest absolute Gasteiger partial charge is 0.465 e. The molecule has 8 nitrogen and oxygen atoms in total. The number of fused-ring (bicyclic) bond motifs is 2. The van der Waals surface area contributed by atoms with Crippen molar-refractivity contribution in [2.24, 2.45) is 11.8 Å². The van der Waals surface area contributed by atoms with Crippen LogP contribution in [-0.2, 0) is 19.1 Å². The third-order valence-corrected chi connectivity index (χ3v) is 9.98. The molecule has 0 aromatic heterocycles. The van der Waals surface area contributed by atoms with Crippen molar-refractivity contribution in [3.8, 4) is 0 Å². The number of esters is 1. The van der Waals surface area contributed by atoms with Crippen LogP contribution in [0.4, 0.5) is 11.4 Å². The number of aliphatic hydroxyl groups excluding tert-OH is 1. The molecule has 38 heavy (non-hydrogen) atoms. The van der Waals surface area contributed by atoms with E-state index in [-0.39, 0.29) is 36.2 Å². The first-order valence-corrected chi connectivity index (χ1v) is 14.6. The molecule has 1 aromatic carbocycles. The molecule has 0 saturated carbocycles. The van der Waals surface area contributed by atoms with Crippen LogP contribution in [0, 0.1) is 11.8 Å². The molecule has 4 aliphatic rings. The molecule has 2 saturated heterocycles. The normalized spacial score (nSPS) is 31.8. The number of thioether (sulfide) groups is 1. The predicted octanol–water partition coefficient (Wildman–Crippen LogP) is 3.01. The van der Waals surface area contributed by atoms with E-state index in [0.717, 1.165) is 43.7 Å². The van der Waals surface area contributed by atoms with Crippen LogP contribution in [-0.4, -0.2) is 83.2 Å². The fourth-order valence-electron chi connectivity index (χ4n) is 6.43. The summed E-state index contributed by atoms with van der Waals surface area (Å²) in [5.41, 5.74) is 1.85. The van der Waals surface area contributed by atoms with Crippen LogP contribution in [0.15, 0.2) is 48.6 Å². The fraction of sp³-hybridized carbons (Fsp3) is 0.552. The van der Waals surface area contributed by atoms with Crippen molar-refractivity contribution >= 4 is 40.9 Å². The molecule has 0 bridgehead atoms. The Morgan fingerprint density at radius 3 is 2.55 bits per heavy atom. The minimum Gasteiger partial charge on any atom is -0.465 e. The summed E-state index contributed by atoms with van der Waals surface area (Å²) in [6.07, 6.45) is 10.7. The monoisotopic (exact) mass is 539 g/mol. The van der Waals surface area contributed by atoms with E-state index in [9.17, 15) is 19.5 Å². The van der Waals surface area contributed by atoms with Gasteiger partial charge in [0.15, 0.2) is 0 Å². The van der Waals surface area contributed by atoms with E-state index in [0.29, 0.717) is 13.2 Å². The Kier molecular flexibility index (Phi) is 7.86. The lowest BCUT2D eigenvalue weighted by atomic mass is 9.78. The molecule has 5 atom stereocenters. The molecule has 4 heterocycles. The number of β-amino-alcohol motifs (C(OH)–C–C–N with tert-alkyl or cyclic N) is 1. The summed E-state index contributed by atoms with van der Waals surface area (Å²) < 4.78 is 4.72. The zero-order chi connectivity index (χ0) is 26.9. The highest BCUT2D eigenvalue weighted by atomic mass is 32.2. The molecular formula is C29H37N3O5S. The molecule has 9 heteroatoms. The van der Waals surface area contributed by atoms with Crippen LogP contribution in [0.25, 0.3) is 0 Å². The van der Waals surface area contributed by atoms with Crippen molar-refractivity contribution in [2.75, 3.05) is 49.2 Å². The van der Waals surface area contributed by atoms with Crippen molar-refractivity contribution in [1.29, 1.82) is 0 Å². The van der Waals surface area contributed by atoms with E-state index in [2.05, 4.69) is 24.8 Å². The van der Waals surface area contributed by atoms with E-state index in [4.69, 9.17) is 4.74 Å². The molecule has 2 fully saturated rings. The molecule has 1 N–H and O–H groups in total. The Balaban J connectivity index is 1.53. The molecule has 1 aromatic rings. The number of carbonyl (C=O) groups is 3. The van der Waals surface area contributed by atoms with E-state index >= 15 is 0 Å². The highest BCUT2D eigenvalue weighted by Crippen LogP contribution is 2.60. The quantitative estimate of drug-likeness (QED) is 0.439. The van der Waals surface area contributed by atoms with Gasteiger partial charge in [-0.05, 0) is 57.4 Å². The Bertz CT molecular complexity index is 1120. The van der Waals surface area contributed by atoms with Gasteiger partial charge in [0, 0.05) is 42.8 Å². The maximum absolute atomic E-state index is 14.3. The average Bonchev–Trinajstić information content (AvgIpc) is 3.30. The van der Waals surface area contributed by atoms with Crippen molar-refractivity contribution in [3.63, 3.8) is 0 Å². The number of carbonyl (C=O) groups excluding carboxylic acids is 3. The summed E-state index contributed by atoms with van der Waals surface area (Å²) in [6.45, 7) is 6.49. The third-order valence-electron chi connectivity index (χ3n) is 8.23. The van der Waals surface area contributed by atoms with Crippen LogP contribution < -0.4 is 9.80 Å². The molecule has 1 unspecified atom stereocenters. The number of ether oxygens (including phenoxy) is 1. The summed E-state index contributed by atoms with van der Waals surface area (Å²) in [4.78, 5) is 47.0.